The quantitative estimate of drug-likeness (QED) is 0.482. The summed E-state index contributed by atoms with van der Waals surface area (Å²) in [5, 5.41) is 16.5. The molecule has 2 N–H and O–H groups in total. The van der Waals surface area contributed by atoms with Crippen LogP contribution in [0.2, 0.25) is 0 Å². The Bertz CT molecular complexity index is 474. The Hall–Kier alpha value is -1.88. The lowest BCUT2D eigenvalue weighted by atomic mass is 9.84. The molecule has 0 aromatic heterocycles. The van der Waals surface area contributed by atoms with Crippen molar-refractivity contribution in [1.82, 2.24) is 0 Å². The topological polar surface area (TPSA) is 83.8 Å². The second-order valence-corrected chi connectivity index (χ2v) is 6.03. The lowest BCUT2D eigenvalue weighted by Crippen LogP contribution is -2.17. The molecule has 0 atom stereocenters. The van der Waals surface area contributed by atoms with Crippen molar-refractivity contribution >= 4 is 11.9 Å². The lowest BCUT2D eigenvalue weighted by molar-refractivity contribution is -0.182. The van der Waals surface area contributed by atoms with Gasteiger partial charge < -0.3 is 5.11 Å². The average molecular weight is 310 g/mol. The first-order valence-electron chi connectivity index (χ1n) is 7.41. The highest BCUT2D eigenvalue weighted by Crippen LogP contribution is 2.25. The molecule has 0 fully saturated rings. The fourth-order valence-electron chi connectivity index (χ4n) is 1.89. The molecule has 22 heavy (non-hydrogen) atoms. The van der Waals surface area contributed by atoms with Gasteiger partial charge in [0.1, 0.15) is 0 Å². The summed E-state index contributed by atoms with van der Waals surface area (Å²) in [4.78, 5) is 24.8. The van der Waals surface area contributed by atoms with E-state index in [1.165, 1.54) is 0 Å². The summed E-state index contributed by atoms with van der Waals surface area (Å²) in [6.45, 7) is 8.05. The summed E-state index contributed by atoms with van der Waals surface area (Å²) in [6.07, 6.45) is 3.28. The number of hydrogen-bond acceptors (Lipinski definition) is 4. The van der Waals surface area contributed by atoms with Gasteiger partial charge in [-0.05, 0) is 23.5 Å². The second kappa shape index (κ2) is 9.95. The van der Waals surface area contributed by atoms with Crippen molar-refractivity contribution in [2.24, 2.45) is 0 Å². The van der Waals surface area contributed by atoms with Gasteiger partial charge in [-0.25, -0.2) is 4.79 Å². The third kappa shape index (κ3) is 7.78. The van der Waals surface area contributed by atoms with Gasteiger partial charge in [-0.1, -0.05) is 58.7 Å². The first-order valence-corrected chi connectivity index (χ1v) is 7.41. The molecule has 1 rings (SSSR count). The Morgan fingerprint density at radius 2 is 1.73 bits per heavy atom. The monoisotopic (exact) mass is 310 g/mol. The number of rotatable bonds is 5. The van der Waals surface area contributed by atoms with Crippen LogP contribution in [0, 0.1) is 0 Å². The lowest BCUT2D eigenvalue weighted by Gasteiger charge is -2.21. The highest BCUT2D eigenvalue weighted by atomic mass is 17.1. The van der Waals surface area contributed by atoms with E-state index >= 15 is 0 Å². The minimum absolute atomic E-state index is 0.148. The molecule has 5 nitrogen and oxygen atoms in total. The number of carboxylic acid groups (broad SMARTS) is 1. The largest absolute Gasteiger partial charge is 0.481 e. The molecule has 0 unspecified atom stereocenters. The van der Waals surface area contributed by atoms with E-state index in [1.807, 2.05) is 32.9 Å². The van der Waals surface area contributed by atoms with Crippen LogP contribution in [-0.4, -0.2) is 22.3 Å². The third-order valence-corrected chi connectivity index (χ3v) is 3.03. The molecule has 0 saturated heterocycles. The van der Waals surface area contributed by atoms with Crippen molar-refractivity contribution in [2.75, 3.05) is 0 Å². The standard InChI is InChI=1S/C11H14O3.C6H12O2/c1-11(2,3)9-7-5-4-6-8(9)10(12)14-13;1-2-3-4-5-6(7)8/h4-7,13H,1-3H3;2-5H2,1H3,(H,7,8). The van der Waals surface area contributed by atoms with Gasteiger partial charge in [0.25, 0.3) is 0 Å². The molecule has 0 aliphatic rings. The molecule has 0 aliphatic carbocycles. The molecule has 1 aromatic rings. The normalized spacial score (nSPS) is 10.4. The Labute approximate surface area is 131 Å². The van der Waals surface area contributed by atoms with Crippen molar-refractivity contribution in [1.29, 1.82) is 0 Å². The summed E-state index contributed by atoms with van der Waals surface area (Å²) in [6, 6.07) is 7.08. The van der Waals surface area contributed by atoms with Crippen LogP contribution in [0.15, 0.2) is 24.3 Å². The SMILES string of the molecule is CC(C)(C)c1ccccc1C(=O)OO.CCCCCC(=O)O. The molecule has 0 saturated carbocycles. The Balaban J connectivity index is 0.000000472. The predicted molar refractivity (Wildman–Crippen MR) is 85.0 cm³/mol. The number of carboxylic acids is 1. The third-order valence-electron chi connectivity index (χ3n) is 3.03. The van der Waals surface area contributed by atoms with E-state index in [1.54, 1.807) is 12.1 Å². The average Bonchev–Trinajstić information content (AvgIpc) is 2.46. The van der Waals surface area contributed by atoms with E-state index in [0.29, 0.717) is 12.0 Å². The predicted octanol–water partition coefficient (Wildman–Crippen LogP) is 4.27. The van der Waals surface area contributed by atoms with Crippen molar-refractivity contribution in [2.45, 2.75) is 58.8 Å². The molecular weight excluding hydrogens is 284 g/mol. The summed E-state index contributed by atoms with van der Waals surface area (Å²) in [5.74, 6) is -1.39. The molecule has 5 heteroatoms. The molecule has 0 amide bonds. The van der Waals surface area contributed by atoms with E-state index in [9.17, 15) is 9.59 Å². The van der Waals surface area contributed by atoms with Gasteiger partial charge in [0, 0.05) is 6.42 Å². The summed E-state index contributed by atoms with van der Waals surface area (Å²) < 4.78 is 0. The van der Waals surface area contributed by atoms with Gasteiger partial charge in [0.2, 0.25) is 0 Å². The smallest absolute Gasteiger partial charge is 0.373 e. The van der Waals surface area contributed by atoms with Gasteiger partial charge in [0.05, 0.1) is 5.56 Å². The van der Waals surface area contributed by atoms with Crippen LogP contribution in [0.4, 0.5) is 0 Å². The zero-order chi connectivity index (χ0) is 17.2. The Morgan fingerprint density at radius 3 is 2.18 bits per heavy atom. The van der Waals surface area contributed by atoms with E-state index in [4.69, 9.17) is 10.4 Å². The number of aliphatic carboxylic acids is 1. The van der Waals surface area contributed by atoms with Gasteiger partial charge >= 0.3 is 11.9 Å². The summed E-state index contributed by atoms with van der Waals surface area (Å²) in [7, 11) is 0. The van der Waals surface area contributed by atoms with Gasteiger partial charge in [-0.15, -0.1) is 0 Å². The number of unbranched alkanes of at least 4 members (excludes halogenated alkanes) is 2. The number of carbonyl (C=O) groups excluding carboxylic acids is 1. The number of hydrogen-bond donors (Lipinski definition) is 2. The fourth-order valence-corrected chi connectivity index (χ4v) is 1.89. The molecule has 1 aromatic carbocycles. The minimum atomic E-state index is -0.712. The van der Waals surface area contributed by atoms with Gasteiger partial charge in [0.15, 0.2) is 0 Å². The van der Waals surface area contributed by atoms with Crippen molar-refractivity contribution in [3.8, 4) is 0 Å². The molecule has 0 spiro atoms. The van der Waals surface area contributed by atoms with Crippen LogP contribution >= 0.6 is 0 Å². The minimum Gasteiger partial charge on any atom is -0.481 e. The zero-order valence-electron chi connectivity index (χ0n) is 13.8. The Morgan fingerprint density at radius 1 is 1.14 bits per heavy atom. The molecule has 124 valence electrons. The van der Waals surface area contributed by atoms with Crippen molar-refractivity contribution in [3.05, 3.63) is 35.4 Å². The van der Waals surface area contributed by atoms with Crippen LogP contribution in [0.5, 0.6) is 0 Å². The molecule has 0 aliphatic heterocycles. The van der Waals surface area contributed by atoms with Gasteiger partial charge in [-0.3, -0.25) is 9.68 Å². The van der Waals surface area contributed by atoms with E-state index in [0.717, 1.165) is 24.8 Å². The summed E-state index contributed by atoms with van der Waals surface area (Å²) in [5.41, 5.74) is 1.12. The van der Waals surface area contributed by atoms with Crippen LogP contribution in [0.25, 0.3) is 0 Å². The molecule has 0 heterocycles. The first kappa shape index (κ1) is 20.1. The zero-order valence-corrected chi connectivity index (χ0v) is 13.8. The van der Waals surface area contributed by atoms with Crippen LogP contribution in [0.3, 0.4) is 0 Å². The second-order valence-electron chi connectivity index (χ2n) is 6.03. The maximum atomic E-state index is 11.2. The highest BCUT2D eigenvalue weighted by molar-refractivity contribution is 5.91. The maximum absolute atomic E-state index is 11.2. The first-order chi connectivity index (χ1) is 10.2. The van der Waals surface area contributed by atoms with Crippen LogP contribution in [-0.2, 0) is 15.1 Å². The molecule has 0 radical (unpaired) electrons. The fraction of sp³-hybridized carbons (Fsp3) is 0.529. The number of benzene rings is 1. The molecule has 0 bridgehead atoms. The van der Waals surface area contributed by atoms with Gasteiger partial charge in [-0.2, -0.15) is 5.26 Å². The van der Waals surface area contributed by atoms with Crippen molar-refractivity contribution < 1.29 is 24.8 Å². The number of carbonyl (C=O) groups is 2. The van der Waals surface area contributed by atoms with E-state index < -0.39 is 11.9 Å². The van der Waals surface area contributed by atoms with E-state index in [2.05, 4.69) is 11.8 Å². The van der Waals surface area contributed by atoms with Crippen LogP contribution < -0.4 is 0 Å². The maximum Gasteiger partial charge on any atom is 0.373 e. The summed E-state index contributed by atoms with van der Waals surface area (Å²) >= 11 is 0. The van der Waals surface area contributed by atoms with E-state index in [-0.39, 0.29) is 5.41 Å². The molecular formula is C17H26O5. The van der Waals surface area contributed by atoms with Crippen molar-refractivity contribution in [3.63, 3.8) is 0 Å². The van der Waals surface area contributed by atoms with Crippen LogP contribution in [0.1, 0.15) is 69.3 Å². The highest BCUT2D eigenvalue weighted by Gasteiger charge is 2.21. The Kier molecular flexibility index (Phi) is 9.10.